The van der Waals surface area contributed by atoms with Crippen molar-refractivity contribution >= 4 is 11.6 Å². The molecule has 0 saturated heterocycles. The lowest BCUT2D eigenvalue weighted by atomic mass is 10.4. The van der Waals surface area contributed by atoms with E-state index in [0.29, 0.717) is 5.95 Å². The van der Waals surface area contributed by atoms with E-state index < -0.39 is 4.92 Å². The Bertz CT molecular complexity index is 296. The molecule has 1 aromatic rings. The lowest BCUT2D eigenvalue weighted by Crippen LogP contribution is -2.12. The summed E-state index contributed by atoms with van der Waals surface area (Å²) in [5.74, 6) is 0.403. The van der Waals surface area contributed by atoms with E-state index in [-0.39, 0.29) is 11.7 Å². The molecule has 70 valence electrons. The first-order valence-corrected chi connectivity index (χ1v) is 3.82. The minimum Gasteiger partial charge on any atom is -0.352 e. The highest BCUT2D eigenvalue weighted by molar-refractivity contribution is 5.30. The molecule has 0 amide bonds. The Morgan fingerprint density at radius 3 is 2.38 bits per heavy atom. The largest absolute Gasteiger partial charge is 0.352 e. The van der Waals surface area contributed by atoms with Crippen molar-refractivity contribution in [3.05, 3.63) is 22.5 Å². The first kappa shape index (κ1) is 9.37. The molecule has 6 heteroatoms. The van der Waals surface area contributed by atoms with Crippen LogP contribution in [0.1, 0.15) is 13.8 Å². The summed E-state index contributed by atoms with van der Waals surface area (Å²) in [5, 5.41) is 13.2. The summed E-state index contributed by atoms with van der Waals surface area (Å²) in [4.78, 5) is 17.3. The minimum atomic E-state index is -0.529. The molecule has 0 unspecified atom stereocenters. The maximum absolute atomic E-state index is 10.2. The van der Waals surface area contributed by atoms with Gasteiger partial charge in [0.2, 0.25) is 5.95 Å². The third-order valence-corrected chi connectivity index (χ3v) is 1.27. The summed E-state index contributed by atoms with van der Waals surface area (Å²) >= 11 is 0. The average molecular weight is 182 g/mol. The first-order chi connectivity index (χ1) is 6.09. The van der Waals surface area contributed by atoms with Crippen LogP contribution in [-0.2, 0) is 0 Å². The Morgan fingerprint density at radius 2 is 2.00 bits per heavy atom. The standard InChI is InChI=1S/C7H10N4O2/c1-5(2)10-7-8-3-6(4-9-7)11(12)13/h3-5H,1-2H3,(H,8,9,10). The summed E-state index contributed by atoms with van der Waals surface area (Å²) in [6, 6.07) is 0.210. The SMILES string of the molecule is CC(C)Nc1ncc([N+](=O)[O-])cn1. The Balaban J connectivity index is 2.75. The van der Waals surface area contributed by atoms with Crippen LogP contribution in [0.3, 0.4) is 0 Å². The second-order valence-electron chi connectivity index (χ2n) is 2.82. The van der Waals surface area contributed by atoms with Crippen LogP contribution in [-0.4, -0.2) is 20.9 Å². The molecule has 0 atom stereocenters. The van der Waals surface area contributed by atoms with E-state index in [2.05, 4.69) is 15.3 Å². The van der Waals surface area contributed by atoms with Crippen LogP contribution >= 0.6 is 0 Å². The number of nitro groups is 1. The normalized spacial score (nSPS) is 10.1. The maximum atomic E-state index is 10.2. The Hall–Kier alpha value is -1.72. The van der Waals surface area contributed by atoms with Crippen LogP contribution < -0.4 is 5.32 Å². The summed E-state index contributed by atoms with van der Waals surface area (Å²) < 4.78 is 0. The Morgan fingerprint density at radius 1 is 1.46 bits per heavy atom. The number of hydrogen-bond donors (Lipinski definition) is 1. The van der Waals surface area contributed by atoms with Gasteiger partial charge >= 0.3 is 5.69 Å². The van der Waals surface area contributed by atoms with Crippen molar-refractivity contribution in [1.29, 1.82) is 0 Å². The van der Waals surface area contributed by atoms with Crippen molar-refractivity contribution in [3.8, 4) is 0 Å². The lowest BCUT2D eigenvalue weighted by molar-refractivity contribution is -0.385. The van der Waals surface area contributed by atoms with Gasteiger partial charge in [-0.2, -0.15) is 0 Å². The Kier molecular flexibility index (Phi) is 2.73. The molecule has 0 aliphatic carbocycles. The van der Waals surface area contributed by atoms with Gasteiger partial charge in [0.1, 0.15) is 12.4 Å². The number of hydrogen-bond acceptors (Lipinski definition) is 5. The highest BCUT2D eigenvalue weighted by Crippen LogP contribution is 2.08. The molecule has 0 aromatic carbocycles. The molecule has 1 heterocycles. The predicted octanol–water partition coefficient (Wildman–Crippen LogP) is 1.21. The molecule has 13 heavy (non-hydrogen) atoms. The van der Waals surface area contributed by atoms with Crippen LogP contribution in [0.2, 0.25) is 0 Å². The molecular weight excluding hydrogens is 172 g/mol. The summed E-state index contributed by atoms with van der Waals surface area (Å²) in [7, 11) is 0. The van der Waals surface area contributed by atoms with E-state index in [1.165, 1.54) is 12.4 Å². The first-order valence-electron chi connectivity index (χ1n) is 3.82. The number of anilines is 1. The molecule has 1 rings (SSSR count). The quantitative estimate of drug-likeness (QED) is 0.561. The van der Waals surface area contributed by atoms with Crippen molar-refractivity contribution in [2.75, 3.05) is 5.32 Å². The molecule has 0 saturated carbocycles. The van der Waals surface area contributed by atoms with Crippen molar-refractivity contribution < 1.29 is 4.92 Å². The fourth-order valence-electron chi connectivity index (χ4n) is 0.748. The zero-order valence-corrected chi connectivity index (χ0v) is 7.39. The van der Waals surface area contributed by atoms with Crippen molar-refractivity contribution in [2.24, 2.45) is 0 Å². The van der Waals surface area contributed by atoms with Gasteiger partial charge in [0.05, 0.1) is 4.92 Å². The van der Waals surface area contributed by atoms with E-state index in [0.717, 1.165) is 0 Å². The van der Waals surface area contributed by atoms with Crippen LogP contribution in [0.25, 0.3) is 0 Å². The average Bonchev–Trinajstić information content (AvgIpc) is 2.04. The zero-order chi connectivity index (χ0) is 9.84. The van der Waals surface area contributed by atoms with Crippen molar-refractivity contribution in [1.82, 2.24) is 9.97 Å². The van der Waals surface area contributed by atoms with Crippen molar-refractivity contribution in [2.45, 2.75) is 19.9 Å². The molecule has 0 bridgehead atoms. The van der Waals surface area contributed by atoms with Crippen LogP contribution in [0.15, 0.2) is 12.4 Å². The number of nitrogens with zero attached hydrogens (tertiary/aromatic N) is 3. The lowest BCUT2D eigenvalue weighted by Gasteiger charge is -2.05. The summed E-state index contributed by atoms with van der Waals surface area (Å²) in [6.45, 7) is 3.87. The topological polar surface area (TPSA) is 81.0 Å². The molecule has 1 aromatic heterocycles. The summed E-state index contributed by atoms with van der Waals surface area (Å²) in [5.41, 5.74) is -0.102. The van der Waals surface area contributed by atoms with Gasteiger partial charge in [-0.05, 0) is 13.8 Å². The third kappa shape index (κ3) is 2.66. The molecule has 0 fully saturated rings. The molecule has 0 radical (unpaired) electrons. The van der Waals surface area contributed by atoms with Gasteiger partial charge in [0.15, 0.2) is 0 Å². The predicted molar refractivity (Wildman–Crippen MR) is 47.4 cm³/mol. The second-order valence-corrected chi connectivity index (χ2v) is 2.82. The van der Waals surface area contributed by atoms with Gasteiger partial charge in [-0.25, -0.2) is 9.97 Å². The number of aromatic nitrogens is 2. The highest BCUT2D eigenvalue weighted by Gasteiger charge is 2.06. The van der Waals surface area contributed by atoms with E-state index in [9.17, 15) is 10.1 Å². The molecule has 1 N–H and O–H groups in total. The van der Waals surface area contributed by atoms with Gasteiger partial charge in [-0.3, -0.25) is 10.1 Å². The monoisotopic (exact) mass is 182 g/mol. The third-order valence-electron chi connectivity index (χ3n) is 1.27. The van der Waals surface area contributed by atoms with E-state index in [4.69, 9.17) is 0 Å². The molecule has 0 aliphatic rings. The van der Waals surface area contributed by atoms with Crippen LogP contribution in [0.4, 0.5) is 11.6 Å². The van der Waals surface area contributed by atoms with Gasteiger partial charge in [-0.15, -0.1) is 0 Å². The van der Waals surface area contributed by atoms with E-state index in [1.54, 1.807) is 0 Å². The fourth-order valence-corrected chi connectivity index (χ4v) is 0.748. The summed E-state index contributed by atoms with van der Waals surface area (Å²) in [6.07, 6.45) is 2.36. The Labute approximate surface area is 75.2 Å². The molecule has 6 nitrogen and oxygen atoms in total. The van der Waals surface area contributed by atoms with E-state index in [1.807, 2.05) is 13.8 Å². The van der Waals surface area contributed by atoms with Gasteiger partial charge in [0.25, 0.3) is 0 Å². The zero-order valence-electron chi connectivity index (χ0n) is 7.39. The van der Waals surface area contributed by atoms with Crippen LogP contribution in [0.5, 0.6) is 0 Å². The molecular formula is C7H10N4O2. The highest BCUT2D eigenvalue weighted by atomic mass is 16.6. The van der Waals surface area contributed by atoms with Gasteiger partial charge in [0, 0.05) is 6.04 Å². The number of nitrogens with one attached hydrogen (secondary N) is 1. The van der Waals surface area contributed by atoms with Gasteiger partial charge < -0.3 is 5.32 Å². The minimum absolute atomic E-state index is 0.102. The second kappa shape index (κ2) is 3.79. The maximum Gasteiger partial charge on any atom is 0.305 e. The van der Waals surface area contributed by atoms with Gasteiger partial charge in [-0.1, -0.05) is 0 Å². The molecule has 0 aliphatic heterocycles. The van der Waals surface area contributed by atoms with Crippen LogP contribution in [0, 0.1) is 10.1 Å². The van der Waals surface area contributed by atoms with E-state index >= 15 is 0 Å². The van der Waals surface area contributed by atoms with Crippen molar-refractivity contribution in [3.63, 3.8) is 0 Å². The molecule has 0 spiro atoms. The smallest absolute Gasteiger partial charge is 0.305 e. The number of rotatable bonds is 3. The fraction of sp³-hybridized carbons (Fsp3) is 0.429.